The second-order valence-corrected chi connectivity index (χ2v) is 9.12. The largest absolute Gasteiger partial charge is 0.354 e. The molecule has 134 valence electrons. The van der Waals surface area contributed by atoms with Gasteiger partial charge in [-0.1, -0.05) is 65.0 Å². The summed E-state index contributed by atoms with van der Waals surface area (Å²) in [7, 11) is 0. The van der Waals surface area contributed by atoms with E-state index in [0.717, 1.165) is 36.9 Å². The Kier molecular flexibility index (Phi) is 5.73. The summed E-state index contributed by atoms with van der Waals surface area (Å²) in [4.78, 5) is 0. The summed E-state index contributed by atoms with van der Waals surface area (Å²) in [5.74, 6) is 0.828. The van der Waals surface area contributed by atoms with Crippen LogP contribution in [-0.4, -0.2) is 28.2 Å². The van der Waals surface area contributed by atoms with E-state index < -0.39 is 0 Å². The van der Waals surface area contributed by atoms with Gasteiger partial charge in [-0.3, -0.25) is 5.32 Å². The van der Waals surface area contributed by atoms with Crippen molar-refractivity contribution in [1.29, 1.82) is 0 Å². The summed E-state index contributed by atoms with van der Waals surface area (Å²) in [5, 5.41) is 8.76. The van der Waals surface area contributed by atoms with Crippen LogP contribution in [0.2, 0.25) is 5.02 Å². The van der Waals surface area contributed by atoms with Gasteiger partial charge in [0.05, 0.1) is 11.8 Å². The average Bonchev–Trinajstić information content (AvgIpc) is 3.28. The number of nitrogens with one attached hydrogen (secondary N) is 1. The first kappa shape index (κ1) is 18.2. The van der Waals surface area contributed by atoms with Crippen molar-refractivity contribution in [3.05, 3.63) is 69.1 Å². The molecular weight excluding hydrogens is 406 g/mol. The highest BCUT2D eigenvalue weighted by molar-refractivity contribution is 8.01. The van der Waals surface area contributed by atoms with Gasteiger partial charge in [0.25, 0.3) is 0 Å². The zero-order chi connectivity index (χ0) is 17.9. The summed E-state index contributed by atoms with van der Waals surface area (Å²) in [5.41, 5.74) is 2.08. The molecule has 0 bridgehead atoms. The van der Waals surface area contributed by atoms with Crippen molar-refractivity contribution in [3.8, 4) is 5.69 Å². The Hall–Kier alpha value is -1.22. The highest BCUT2D eigenvalue weighted by Gasteiger charge is 2.26. The monoisotopic (exact) mass is 421 g/mol. The molecule has 2 heterocycles. The molecule has 1 aliphatic rings. The number of ether oxygens (including phenoxy) is 1. The van der Waals surface area contributed by atoms with Crippen LogP contribution in [0.25, 0.3) is 5.69 Å². The molecule has 26 heavy (non-hydrogen) atoms. The van der Waals surface area contributed by atoms with Crippen LogP contribution in [0, 0.1) is 3.95 Å². The molecule has 0 radical (unpaired) electrons. The fourth-order valence-electron chi connectivity index (χ4n) is 2.68. The van der Waals surface area contributed by atoms with Gasteiger partial charge in [0.2, 0.25) is 0 Å². The quantitative estimate of drug-likeness (QED) is 0.458. The first-order valence-corrected chi connectivity index (χ1v) is 10.7. The van der Waals surface area contributed by atoms with E-state index in [2.05, 4.69) is 10.4 Å². The minimum Gasteiger partial charge on any atom is -0.354 e. The molecule has 0 amide bonds. The summed E-state index contributed by atoms with van der Waals surface area (Å²) in [6.45, 7) is 0.811. The Labute approximate surface area is 170 Å². The van der Waals surface area contributed by atoms with Crippen LogP contribution in [-0.2, 0) is 4.74 Å². The number of hydrogen-bond donors (Lipinski definition) is 1. The van der Waals surface area contributed by atoms with Gasteiger partial charge < -0.3 is 4.74 Å². The molecule has 0 unspecified atom stereocenters. The maximum absolute atomic E-state index is 6.10. The van der Waals surface area contributed by atoms with E-state index >= 15 is 0 Å². The lowest BCUT2D eigenvalue weighted by molar-refractivity contribution is 0.0535. The lowest BCUT2D eigenvalue weighted by Crippen LogP contribution is -2.16. The van der Waals surface area contributed by atoms with Crippen LogP contribution in [0.4, 0.5) is 0 Å². The van der Waals surface area contributed by atoms with Crippen LogP contribution < -0.4 is 5.32 Å². The van der Waals surface area contributed by atoms with Crippen molar-refractivity contribution in [3.63, 3.8) is 0 Å². The first-order valence-electron chi connectivity index (χ1n) is 8.12. The topological polar surface area (TPSA) is 39.1 Å². The zero-order valence-corrected chi connectivity index (χ0v) is 16.9. The van der Waals surface area contributed by atoms with Crippen LogP contribution in [0.15, 0.2) is 58.9 Å². The smallest absolute Gasteiger partial charge is 0.184 e. The minimum absolute atomic E-state index is 0.0852. The third-order valence-corrected chi connectivity index (χ3v) is 6.70. The summed E-state index contributed by atoms with van der Waals surface area (Å²) < 4.78 is 9.62. The van der Waals surface area contributed by atoms with E-state index in [4.69, 9.17) is 28.6 Å². The minimum atomic E-state index is -0.0852. The molecule has 1 saturated heterocycles. The molecule has 0 saturated carbocycles. The average molecular weight is 422 g/mol. The Morgan fingerprint density at radius 3 is 2.77 bits per heavy atom. The lowest BCUT2D eigenvalue weighted by Gasteiger charge is -2.12. The Bertz CT molecular complexity index is 927. The van der Waals surface area contributed by atoms with Crippen molar-refractivity contribution in [2.45, 2.75) is 16.7 Å². The molecule has 8 heteroatoms. The molecule has 2 atom stereocenters. The van der Waals surface area contributed by atoms with Crippen LogP contribution in [0.5, 0.6) is 0 Å². The summed E-state index contributed by atoms with van der Waals surface area (Å²) >= 11 is 14.6. The third-order valence-electron chi connectivity index (χ3n) is 3.95. The van der Waals surface area contributed by atoms with Crippen molar-refractivity contribution in [2.24, 2.45) is 0 Å². The number of thioether (sulfide) groups is 1. The maximum Gasteiger partial charge on any atom is 0.184 e. The highest BCUT2D eigenvalue weighted by atomic mass is 35.5. The van der Waals surface area contributed by atoms with E-state index in [-0.39, 0.29) is 12.3 Å². The van der Waals surface area contributed by atoms with Crippen molar-refractivity contribution >= 4 is 46.9 Å². The second kappa shape index (κ2) is 8.21. The SMILES string of the molecule is S=c1sc(SC[C@@H]2CN[C@H](c3ccc(Cl)cc3)O2)nn1-c1ccccc1. The summed E-state index contributed by atoms with van der Waals surface area (Å²) in [6, 6.07) is 17.7. The number of halogens is 1. The first-order chi connectivity index (χ1) is 12.7. The zero-order valence-electron chi connectivity index (χ0n) is 13.7. The highest BCUT2D eigenvalue weighted by Crippen LogP contribution is 2.29. The van der Waals surface area contributed by atoms with Gasteiger partial charge in [0, 0.05) is 17.3 Å². The van der Waals surface area contributed by atoms with E-state index in [1.807, 2.05) is 59.3 Å². The summed E-state index contributed by atoms with van der Waals surface area (Å²) in [6.07, 6.45) is 0.0428. The predicted molar refractivity (Wildman–Crippen MR) is 110 cm³/mol. The normalized spacial score (nSPS) is 19.7. The Morgan fingerprint density at radius 1 is 1.23 bits per heavy atom. The van der Waals surface area contributed by atoms with Crippen LogP contribution >= 0.6 is 46.9 Å². The number of aromatic nitrogens is 2. The molecule has 1 fully saturated rings. The van der Waals surface area contributed by atoms with E-state index in [0.29, 0.717) is 0 Å². The molecule has 1 aliphatic heterocycles. The fraction of sp³-hybridized carbons (Fsp3) is 0.222. The van der Waals surface area contributed by atoms with Crippen LogP contribution in [0.1, 0.15) is 11.8 Å². The standard InChI is InChI=1S/C18H16ClN3OS3/c19-13-8-6-12(7-9-13)16-20-10-15(23-16)11-25-17-21-22(18(24)26-17)14-4-2-1-3-5-14/h1-9,15-16,20H,10-11H2/t15-,16-/m0/s1. The Balaban J connectivity index is 1.37. The van der Waals surface area contributed by atoms with Crippen molar-refractivity contribution < 1.29 is 4.74 Å². The van der Waals surface area contributed by atoms with Gasteiger partial charge >= 0.3 is 0 Å². The molecule has 1 aromatic heterocycles. The third kappa shape index (κ3) is 4.19. The second-order valence-electron chi connectivity index (χ2n) is 5.79. The van der Waals surface area contributed by atoms with Gasteiger partial charge in [-0.25, -0.2) is 4.68 Å². The molecule has 3 aromatic rings. The molecule has 4 rings (SSSR count). The molecular formula is C18H16ClN3OS3. The van der Waals surface area contributed by atoms with Crippen molar-refractivity contribution in [1.82, 2.24) is 15.1 Å². The van der Waals surface area contributed by atoms with Gasteiger partial charge in [0.1, 0.15) is 6.23 Å². The number of para-hydroxylation sites is 1. The van der Waals surface area contributed by atoms with Gasteiger partial charge in [-0.05, 0) is 42.0 Å². The number of rotatable bonds is 5. The van der Waals surface area contributed by atoms with Crippen molar-refractivity contribution in [2.75, 3.05) is 12.3 Å². The van der Waals surface area contributed by atoms with E-state index in [1.165, 1.54) is 11.3 Å². The number of benzene rings is 2. The Morgan fingerprint density at radius 2 is 2.00 bits per heavy atom. The molecule has 0 aliphatic carbocycles. The maximum atomic E-state index is 6.10. The number of hydrogen-bond acceptors (Lipinski definition) is 6. The molecule has 2 aromatic carbocycles. The van der Waals surface area contributed by atoms with E-state index in [1.54, 1.807) is 11.8 Å². The fourth-order valence-corrected chi connectivity index (χ4v) is 5.19. The molecule has 4 nitrogen and oxygen atoms in total. The van der Waals surface area contributed by atoms with Crippen LogP contribution in [0.3, 0.4) is 0 Å². The van der Waals surface area contributed by atoms with Gasteiger partial charge in [-0.2, -0.15) is 0 Å². The number of nitrogens with zero attached hydrogens (tertiary/aromatic N) is 2. The molecule has 1 N–H and O–H groups in total. The lowest BCUT2D eigenvalue weighted by atomic mass is 10.2. The predicted octanol–water partition coefficient (Wildman–Crippen LogP) is 5.10. The van der Waals surface area contributed by atoms with Gasteiger partial charge in [0.15, 0.2) is 8.29 Å². The molecule has 0 spiro atoms. The van der Waals surface area contributed by atoms with Gasteiger partial charge in [-0.15, -0.1) is 5.10 Å². The van der Waals surface area contributed by atoms with E-state index in [9.17, 15) is 0 Å².